The van der Waals surface area contributed by atoms with Crippen LogP contribution < -0.4 is 5.32 Å². The van der Waals surface area contributed by atoms with Gasteiger partial charge in [-0.2, -0.15) is 0 Å². The van der Waals surface area contributed by atoms with Crippen molar-refractivity contribution in [2.75, 3.05) is 0 Å². The highest BCUT2D eigenvalue weighted by molar-refractivity contribution is 6.31. The molecule has 1 aliphatic rings. The number of nitrogens with one attached hydrogen (secondary N) is 1. The van der Waals surface area contributed by atoms with Crippen LogP contribution in [0.15, 0.2) is 24.3 Å². The highest BCUT2D eigenvalue weighted by Gasteiger charge is 2.18. The summed E-state index contributed by atoms with van der Waals surface area (Å²) < 4.78 is 0. The van der Waals surface area contributed by atoms with Crippen LogP contribution in [0.1, 0.15) is 35.3 Å². The van der Waals surface area contributed by atoms with Crippen molar-refractivity contribution < 1.29 is 0 Å². The molecule has 0 amide bonds. The molecule has 1 aromatic heterocycles. The van der Waals surface area contributed by atoms with Gasteiger partial charge in [-0.25, -0.2) is 9.97 Å². The van der Waals surface area contributed by atoms with Gasteiger partial charge in [-0.15, -0.1) is 0 Å². The molecule has 19 heavy (non-hydrogen) atoms. The fourth-order valence-corrected chi connectivity index (χ4v) is 2.68. The first-order chi connectivity index (χ1) is 9.28. The largest absolute Gasteiger partial charge is 0.307 e. The molecule has 4 heteroatoms. The SMILES string of the molecule is CCc1nc(Cc2ccccc2Cl)nc2c1CNC2. The predicted octanol–water partition coefficient (Wildman–Crippen LogP) is 2.89. The van der Waals surface area contributed by atoms with Crippen molar-refractivity contribution in [3.8, 4) is 0 Å². The number of halogens is 1. The Hall–Kier alpha value is -1.45. The summed E-state index contributed by atoms with van der Waals surface area (Å²) in [4.78, 5) is 9.36. The summed E-state index contributed by atoms with van der Waals surface area (Å²) >= 11 is 6.20. The number of benzene rings is 1. The van der Waals surface area contributed by atoms with Crippen molar-refractivity contribution in [2.45, 2.75) is 32.9 Å². The third-order valence-electron chi connectivity index (χ3n) is 3.46. The maximum Gasteiger partial charge on any atom is 0.133 e. The van der Waals surface area contributed by atoms with Crippen molar-refractivity contribution in [3.63, 3.8) is 0 Å². The summed E-state index contributed by atoms with van der Waals surface area (Å²) in [6.07, 6.45) is 1.64. The number of aromatic nitrogens is 2. The number of hydrogen-bond donors (Lipinski definition) is 1. The van der Waals surface area contributed by atoms with Gasteiger partial charge in [0.05, 0.1) is 5.69 Å². The van der Waals surface area contributed by atoms with E-state index in [0.29, 0.717) is 6.42 Å². The van der Waals surface area contributed by atoms with Crippen LogP contribution in [0.5, 0.6) is 0 Å². The molecule has 0 saturated carbocycles. The number of fused-ring (bicyclic) bond motifs is 1. The molecular weight excluding hydrogens is 258 g/mol. The topological polar surface area (TPSA) is 37.8 Å². The Labute approximate surface area is 118 Å². The molecule has 0 bridgehead atoms. The normalized spacial score (nSPS) is 13.6. The summed E-state index contributed by atoms with van der Waals surface area (Å²) in [6.45, 7) is 3.88. The lowest BCUT2D eigenvalue weighted by Gasteiger charge is -2.09. The summed E-state index contributed by atoms with van der Waals surface area (Å²) in [5.74, 6) is 0.868. The third-order valence-corrected chi connectivity index (χ3v) is 3.83. The molecule has 2 aromatic rings. The minimum absolute atomic E-state index is 0.694. The lowest BCUT2D eigenvalue weighted by atomic mass is 10.1. The van der Waals surface area contributed by atoms with Gasteiger partial charge in [-0.1, -0.05) is 36.7 Å². The summed E-state index contributed by atoms with van der Waals surface area (Å²) in [6, 6.07) is 7.88. The van der Waals surface area contributed by atoms with E-state index in [1.54, 1.807) is 0 Å². The molecule has 3 rings (SSSR count). The quantitative estimate of drug-likeness (QED) is 0.934. The van der Waals surface area contributed by atoms with E-state index in [1.807, 2.05) is 24.3 Å². The van der Waals surface area contributed by atoms with Crippen LogP contribution in [0, 0.1) is 0 Å². The maximum absolute atomic E-state index is 6.20. The minimum atomic E-state index is 0.694. The van der Waals surface area contributed by atoms with Crippen molar-refractivity contribution in [3.05, 3.63) is 57.6 Å². The maximum atomic E-state index is 6.20. The van der Waals surface area contributed by atoms with E-state index < -0.39 is 0 Å². The molecule has 0 fully saturated rings. The van der Waals surface area contributed by atoms with Crippen molar-refractivity contribution >= 4 is 11.6 Å². The Morgan fingerprint density at radius 2 is 2.05 bits per heavy atom. The molecule has 98 valence electrons. The Balaban J connectivity index is 1.96. The van der Waals surface area contributed by atoms with Crippen LogP contribution in [0.25, 0.3) is 0 Å². The zero-order chi connectivity index (χ0) is 13.2. The zero-order valence-corrected chi connectivity index (χ0v) is 11.7. The first kappa shape index (κ1) is 12.6. The van der Waals surface area contributed by atoms with Crippen LogP contribution in [0.2, 0.25) is 5.02 Å². The van der Waals surface area contributed by atoms with E-state index in [1.165, 1.54) is 5.56 Å². The van der Waals surface area contributed by atoms with E-state index in [2.05, 4.69) is 22.2 Å². The van der Waals surface area contributed by atoms with E-state index in [0.717, 1.165) is 47.3 Å². The smallest absolute Gasteiger partial charge is 0.133 e. The first-order valence-corrected chi connectivity index (χ1v) is 6.97. The van der Waals surface area contributed by atoms with Crippen molar-refractivity contribution in [1.29, 1.82) is 0 Å². The molecule has 1 aromatic carbocycles. The average molecular weight is 274 g/mol. The summed E-state index contributed by atoms with van der Waals surface area (Å²) in [5.41, 5.74) is 4.67. The zero-order valence-electron chi connectivity index (χ0n) is 10.9. The fraction of sp³-hybridized carbons (Fsp3) is 0.333. The molecule has 1 N–H and O–H groups in total. The molecule has 0 aliphatic carbocycles. The highest BCUT2D eigenvalue weighted by Crippen LogP contribution is 2.21. The summed E-state index contributed by atoms with van der Waals surface area (Å²) in [7, 11) is 0. The lowest BCUT2D eigenvalue weighted by Crippen LogP contribution is -2.06. The molecule has 0 spiro atoms. The molecule has 3 nitrogen and oxygen atoms in total. The summed E-state index contributed by atoms with van der Waals surface area (Å²) in [5, 5.41) is 4.12. The predicted molar refractivity (Wildman–Crippen MR) is 76.2 cm³/mol. The molecule has 2 heterocycles. The Morgan fingerprint density at radius 1 is 1.21 bits per heavy atom. The number of aryl methyl sites for hydroxylation is 1. The van der Waals surface area contributed by atoms with Crippen LogP contribution >= 0.6 is 11.6 Å². The average Bonchev–Trinajstić information content (AvgIpc) is 2.89. The van der Waals surface area contributed by atoms with Gasteiger partial charge in [0.1, 0.15) is 5.82 Å². The molecule has 0 atom stereocenters. The molecule has 0 saturated heterocycles. The molecular formula is C15H16ClN3. The number of rotatable bonds is 3. The Kier molecular flexibility index (Phi) is 3.49. The molecule has 0 radical (unpaired) electrons. The van der Waals surface area contributed by atoms with E-state index in [-0.39, 0.29) is 0 Å². The van der Waals surface area contributed by atoms with Crippen LogP contribution in [-0.2, 0) is 25.9 Å². The molecule has 0 unspecified atom stereocenters. The second kappa shape index (κ2) is 5.27. The second-order valence-electron chi connectivity index (χ2n) is 4.74. The monoisotopic (exact) mass is 273 g/mol. The number of nitrogens with zero attached hydrogens (tertiary/aromatic N) is 2. The van der Waals surface area contributed by atoms with Gasteiger partial charge in [0.25, 0.3) is 0 Å². The standard InChI is InChI=1S/C15H16ClN3/c1-2-13-11-8-17-9-14(11)19-15(18-13)7-10-5-3-4-6-12(10)16/h3-6,17H,2,7-9H2,1H3. The lowest BCUT2D eigenvalue weighted by molar-refractivity contribution is 0.754. The Bertz CT molecular complexity index is 610. The molecule has 1 aliphatic heterocycles. The van der Waals surface area contributed by atoms with Crippen molar-refractivity contribution in [2.24, 2.45) is 0 Å². The van der Waals surface area contributed by atoms with Gasteiger partial charge < -0.3 is 5.32 Å². The van der Waals surface area contributed by atoms with E-state index in [4.69, 9.17) is 11.6 Å². The van der Waals surface area contributed by atoms with Gasteiger partial charge in [-0.05, 0) is 18.1 Å². The first-order valence-electron chi connectivity index (χ1n) is 6.59. The minimum Gasteiger partial charge on any atom is -0.307 e. The van der Waals surface area contributed by atoms with Gasteiger partial charge in [-0.3, -0.25) is 0 Å². The van der Waals surface area contributed by atoms with Crippen LogP contribution in [0.3, 0.4) is 0 Å². The Morgan fingerprint density at radius 3 is 2.84 bits per heavy atom. The van der Waals surface area contributed by atoms with E-state index in [9.17, 15) is 0 Å². The van der Waals surface area contributed by atoms with Gasteiger partial charge in [0.15, 0.2) is 0 Å². The second-order valence-corrected chi connectivity index (χ2v) is 5.14. The van der Waals surface area contributed by atoms with Gasteiger partial charge in [0.2, 0.25) is 0 Å². The van der Waals surface area contributed by atoms with E-state index >= 15 is 0 Å². The van der Waals surface area contributed by atoms with Crippen LogP contribution in [0.4, 0.5) is 0 Å². The van der Waals surface area contributed by atoms with Gasteiger partial charge in [0, 0.05) is 35.8 Å². The highest BCUT2D eigenvalue weighted by atomic mass is 35.5. The fourth-order valence-electron chi connectivity index (χ4n) is 2.48. The van der Waals surface area contributed by atoms with Crippen molar-refractivity contribution in [1.82, 2.24) is 15.3 Å². The third kappa shape index (κ3) is 2.48. The number of hydrogen-bond acceptors (Lipinski definition) is 3. The van der Waals surface area contributed by atoms with Crippen LogP contribution in [-0.4, -0.2) is 9.97 Å². The van der Waals surface area contributed by atoms with Gasteiger partial charge >= 0.3 is 0 Å².